The number of rotatable bonds is 8. The molecule has 0 saturated carbocycles. The van der Waals surface area contributed by atoms with Crippen molar-refractivity contribution in [1.29, 1.82) is 0 Å². The number of aryl methyl sites for hydroxylation is 1. The van der Waals surface area contributed by atoms with E-state index in [2.05, 4.69) is 30.2 Å². The molecule has 0 radical (unpaired) electrons. The fourth-order valence-corrected chi connectivity index (χ4v) is 3.31. The molecule has 0 aliphatic carbocycles. The van der Waals surface area contributed by atoms with Gasteiger partial charge in [-0.15, -0.1) is 0 Å². The van der Waals surface area contributed by atoms with Crippen LogP contribution in [0.25, 0.3) is 10.2 Å². The number of unbranched alkanes of at least 4 members (excludes halogenated alkanes) is 5. The summed E-state index contributed by atoms with van der Waals surface area (Å²) in [5, 5.41) is 3.64. The van der Waals surface area contributed by atoms with Crippen molar-refractivity contribution in [1.82, 2.24) is 4.98 Å². The Bertz CT molecular complexity index is 591. The second-order valence-corrected chi connectivity index (χ2v) is 6.59. The van der Waals surface area contributed by atoms with Crippen LogP contribution in [0.2, 0.25) is 0 Å². The van der Waals surface area contributed by atoms with Crippen molar-refractivity contribution >= 4 is 32.6 Å². The molecule has 0 aliphatic rings. The second-order valence-electron chi connectivity index (χ2n) is 5.56. The Morgan fingerprint density at radius 2 is 1.95 bits per heavy atom. The second kappa shape index (κ2) is 8.13. The molecule has 3 nitrogen and oxygen atoms in total. The first-order valence-electron chi connectivity index (χ1n) is 7.86. The lowest BCUT2D eigenvalue weighted by molar-refractivity contribution is -0.116. The van der Waals surface area contributed by atoms with Gasteiger partial charge in [-0.3, -0.25) is 4.79 Å². The van der Waals surface area contributed by atoms with Gasteiger partial charge in [-0.25, -0.2) is 4.98 Å². The maximum atomic E-state index is 11.9. The quantitative estimate of drug-likeness (QED) is 0.673. The molecular weight excluding hydrogens is 280 g/mol. The maximum absolute atomic E-state index is 11.9. The Hall–Kier alpha value is -1.42. The molecular formula is C17H24N2OS. The SMILES string of the molecule is CCCCCCCCC(=O)Nc1nc2ccc(C)cc2s1. The van der Waals surface area contributed by atoms with Crippen molar-refractivity contribution in [2.24, 2.45) is 0 Å². The molecule has 0 unspecified atom stereocenters. The maximum Gasteiger partial charge on any atom is 0.226 e. The standard InChI is InChI=1S/C17H24N2OS/c1-3-4-5-6-7-8-9-16(20)19-17-18-14-11-10-13(2)12-15(14)21-17/h10-12H,3-9H2,1-2H3,(H,18,19,20). The number of nitrogens with zero attached hydrogens (tertiary/aromatic N) is 1. The van der Waals surface area contributed by atoms with Gasteiger partial charge < -0.3 is 5.32 Å². The van der Waals surface area contributed by atoms with Crippen LogP contribution >= 0.6 is 11.3 Å². The topological polar surface area (TPSA) is 42.0 Å². The summed E-state index contributed by atoms with van der Waals surface area (Å²) in [5.41, 5.74) is 2.18. The Morgan fingerprint density at radius 3 is 2.76 bits per heavy atom. The predicted octanol–water partition coefficient (Wildman–Crippen LogP) is 5.29. The molecule has 0 spiro atoms. The van der Waals surface area contributed by atoms with E-state index < -0.39 is 0 Å². The zero-order valence-electron chi connectivity index (χ0n) is 12.9. The molecule has 0 saturated heterocycles. The van der Waals surface area contributed by atoms with E-state index in [1.165, 1.54) is 31.2 Å². The van der Waals surface area contributed by atoms with E-state index >= 15 is 0 Å². The van der Waals surface area contributed by atoms with Gasteiger partial charge in [0.1, 0.15) is 0 Å². The zero-order valence-corrected chi connectivity index (χ0v) is 13.8. The fourth-order valence-electron chi connectivity index (χ4n) is 2.33. The van der Waals surface area contributed by atoms with Gasteiger partial charge in [-0.05, 0) is 31.0 Å². The zero-order chi connectivity index (χ0) is 15.1. The minimum atomic E-state index is 0.0845. The summed E-state index contributed by atoms with van der Waals surface area (Å²) in [5.74, 6) is 0.0845. The number of carbonyl (C=O) groups excluding carboxylic acids is 1. The molecule has 1 amide bonds. The number of hydrogen-bond donors (Lipinski definition) is 1. The molecule has 2 aromatic rings. The van der Waals surface area contributed by atoms with Gasteiger partial charge >= 0.3 is 0 Å². The van der Waals surface area contributed by atoms with Crippen LogP contribution < -0.4 is 5.32 Å². The van der Waals surface area contributed by atoms with E-state index in [0.29, 0.717) is 11.6 Å². The third kappa shape index (κ3) is 5.12. The number of nitrogens with one attached hydrogen (secondary N) is 1. The monoisotopic (exact) mass is 304 g/mol. The number of amides is 1. The predicted molar refractivity (Wildman–Crippen MR) is 91.0 cm³/mol. The minimum Gasteiger partial charge on any atom is -0.302 e. The van der Waals surface area contributed by atoms with Crippen molar-refractivity contribution in [3.05, 3.63) is 23.8 Å². The van der Waals surface area contributed by atoms with Crippen molar-refractivity contribution < 1.29 is 4.79 Å². The molecule has 0 atom stereocenters. The van der Waals surface area contributed by atoms with Crippen LogP contribution in [0, 0.1) is 6.92 Å². The highest BCUT2D eigenvalue weighted by atomic mass is 32.1. The average Bonchev–Trinajstić information content (AvgIpc) is 2.83. The van der Waals surface area contributed by atoms with Crippen LogP contribution in [0.15, 0.2) is 18.2 Å². The van der Waals surface area contributed by atoms with Crippen LogP contribution in [0.5, 0.6) is 0 Å². The Morgan fingerprint density at radius 1 is 1.19 bits per heavy atom. The molecule has 21 heavy (non-hydrogen) atoms. The van der Waals surface area contributed by atoms with Gasteiger partial charge in [0.2, 0.25) is 5.91 Å². The Balaban J connectivity index is 1.76. The van der Waals surface area contributed by atoms with Gasteiger partial charge in [-0.1, -0.05) is 56.4 Å². The summed E-state index contributed by atoms with van der Waals surface area (Å²) < 4.78 is 1.13. The van der Waals surface area contributed by atoms with Crippen molar-refractivity contribution in [2.75, 3.05) is 5.32 Å². The summed E-state index contributed by atoms with van der Waals surface area (Å²) in [7, 11) is 0. The lowest BCUT2D eigenvalue weighted by atomic mass is 10.1. The number of aromatic nitrogens is 1. The average molecular weight is 304 g/mol. The Kier molecular flexibility index (Phi) is 6.18. The van der Waals surface area contributed by atoms with Gasteiger partial charge in [0, 0.05) is 6.42 Å². The van der Waals surface area contributed by atoms with Crippen LogP contribution in [-0.2, 0) is 4.79 Å². The molecule has 1 aromatic heterocycles. The number of fused-ring (bicyclic) bond motifs is 1. The van der Waals surface area contributed by atoms with Crippen molar-refractivity contribution in [2.45, 2.75) is 58.8 Å². The molecule has 1 N–H and O–H groups in total. The molecule has 4 heteroatoms. The summed E-state index contributed by atoms with van der Waals surface area (Å²) in [4.78, 5) is 16.3. The lowest BCUT2D eigenvalue weighted by Gasteiger charge is -2.01. The van der Waals surface area contributed by atoms with Gasteiger partial charge in [0.15, 0.2) is 5.13 Å². The number of thiazole rings is 1. The van der Waals surface area contributed by atoms with E-state index in [0.717, 1.165) is 23.1 Å². The molecule has 2 rings (SSSR count). The van der Waals surface area contributed by atoms with Gasteiger partial charge in [0.05, 0.1) is 10.2 Å². The van der Waals surface area contributed by atoms with E-state index in [1.54, 1.807) is 11.3 Å². The third-order valence-electron chi connectivity index (χ3n) is 3.55. The van der Waals surface area contributed by atoms with Crippen LogP contribution in [0.4, 0.5) is 5.13 Å². The third-order valence-corrected chi connectivity index (χ3v) is 4.48. The summed E-state index contributed by atoms with van der Waals surface area (Å²) >= 11 is 1.55. The lowest BCUT2D eigenvalue weighted by Crippen LogP contribution is -2.10. The van der Waals surface area contributed by atoms with E-state index in [1.807, 2.05) is 12.1 Å². The number of benzene rings is 1. The van der Waals surface area contributed by atoms with E-state index in [4.69, 9.17) is 0 Å². The van der Waals surface area contributed by atoms with Crippen molar-refractivity contribution in [3.8, 4) is 0 Å². The highest BCUT2D eigenvalue weighted by Crippen LogP contribution is 2.26. The smallest absolute Gasteiger partial charge is 0.226 e. The molecule has 0 bridgehead atoms. The molecule has 1 aromatic carbocycles. The normalized spacial score (nSPS) is 11.0. The minimum absolute atomic E-state index is 0.0845. The van der Waals surface area contributed by atoms with E-state index in [-0.39, 0.29) is 5.91 Å². The first kappa shape index (κ1) is 16.0. The first-order chi connectivity index (χ1) is 10.2. The largest absolute Gasteiger partial charge is 0.302 e. The first-order valence-corrected chi connectivity index (χ1v) is 8.67. The van der Waals surface area contributed by atoms with Crippen LogP contribution in [-0.4, -0.2) is 10.9 Å². The molecule has 0 aliphatic heterocycles. The summed E-state index contributed by atoms with van der Waals surface area (Å²) in [6.45, 7) is 4.28. The summed E-state index contributed by atoms with van der Waals surface area (Å²) in [6.07, 6.45) is 7.80. The number of hydrogen-bond acceptors (Lipinski definition) is 3. The van der Waals surface area contributed by atoms with Crippen molar-refractivity contribution in [3.63, 3.8) is 0 Å². The molecule has 0 fully saturated rings. The van der Waals surface area contributed by atoms with Gasteiger partial charge in [0.25, 0.3) is 0 Å². The van der Waals surface area contributed by atoms with Crippen LogP contribution in [0.3, 0.4) is 0 Å². The number of anilines is 1. The Labute approximate surface area is 130 Å². The van der Waals surface area contributed by atoms with Crippen LogP contribution in [0.1, 0.15) is 57.4 Å². The number of carbonyl (C=O) groups is 1. The molecule has 114 valence electrons. The molecule has 1 heterocycles. The highest BCUT2D eigenvalue weighted by Gasteiger charge is 2.07. The van der Waals surface area contributed by atoms with E-state index in [9.17, 15) is 4.79 Å². The highest BCUT2D eigenvalue weighted by molar-refractivity contribution is 7.22. The summed E-state index contributed by atoms with van der Waals surface area (Å²) in [6, 6.07) is 6.16. The fraction of sp³-hybridized carbons (Fsp3) is 0.529. The van der Waals surface area contributed by atoms with Gasteiger partial charge in [-0.2, -0.15) is 0 Å².